The zero-order valence-corrected chi connectivity index (χ0v) is 7.93. The van der Waals surface area contributed by atoms with Crippen molar-refractivity contribution in [1.82, 2.24) is 4.68 Å². The van der Waals surface area contributed by atoms with Crippen LogP contribution in [0.25, 0.3) is 0 Å². The van der Waals surface area contributed by atoms with Crippen LogP contribution in [0.2, 0.25) is 5.15 Å². The highest BCUT2D eigenvalue weighted by Crippen LogP contribution is 2.16. The number of fused-ring (bicyclic) bond motifs is 1. The molecule has 0 aromatic carbocycles. The average molecular weight is 187 g/mol. The molecule has 0 fully saturated rings. The molecular formula is C8H13ClN3+. The maximum Gasteiger partial charge on any atom is 0.302 e. The summed E-state index contributed by atoms with van der Waals surface area (Å²) in [6.45, 7) is 5.17. The lowest BCUT2D eigenvalue weighted by atomic mass is 10.3. The Balaban J connectivity index is 2.46. The maximum absolute atomic E-state index is 6.04. The topological polar surface area (TPSA) is 20.8 Å². The molecule has 1 aromatic heterocycles. The van der Waals surface area contributed by atoms with Gasteiger partial charge in [0.1, 0.15) is 0 Å². The molecule has 0 atom stereocenters. The number of rotatable bonds is 1. The smallest absolute Gasteiger partial charge is 0.302 e. The summed E-state index contributed by atoms with van der Waals surface area (Å²) < 4.78 is 4.29. The van der Waals surface area contributed by atoms with Gasteiger partial charge in [0.05, 0.1) is 12.6 Å². The first-order valence-corrected chi connectivity index (χ1v) is 4.73. The van der Waals surface area contributed by atoms with Gasteiger partial charge in [-0.15, -0.1) is 4.68 Å². The van der Waals surface area contributed by atoms with Crippen LogP contribution in [-0.4, -0.2) is 11.2 Å². The zero-order chi connectivity index (χ0) is 8.55. The van der Waals surface area contributed by atoms with Gasteiger partial charge in [-0.3, -0.25) is 0 Å². The van der Waals surface area contributed by atoms with Crippen molar-refractivity contribution >= 4 is 17.4 Å². The monoisotopic (exact) mass is 186 g/mol. The van der Waals surface area contributed by atoms with Crippen LogP contribution in [0.5, 0.6) is 0 Å². The fourth-order valence-electron chi connectivity index (χ4n) is 1.66. The highest BCUT2D eigenvalue weighted by atomic mass is 35.5. The summed E-state index contributed by atoms with van der Waals surface area (Å²) in [5.41, 5.74) is 0. The predicted octanol–water partition coefficient (Wildman–Crippen LogP) is 1.26. The molecule has 4 heteroatoms. The number of anilines is 1. The molecule has 3 nitrogen and oxygen atoms in total. The third-order valence-corrected chi connectivity index (χ3v) is 2.53. The molecule has 0 radical (unpaired) electrons. The summed E-state index contributed by atoms with van der Waals surface area (Å²) in [6, 6.07) is 1.99. The van der Waals surface area contributed by atoms with E-state index in [1.807, 2.05) is 6.07 Å². The molecule has 12 heavy (non-hydrogen) atoms. The van der Waals surface area contributed by atoms with Gasteiger partial charge < -0.3 is 5.32 Å². The van der Waals surface area contributed by atoms with Crippen LogP contribution < -0.4 is 10.00 Å². The first kappa shape index (κ1) is 7.92. The largest absolute Gasteiger partial charge is 0.367 e. The van der Waals surface area contributed by atoms with Crippen LogP contribution in [0, 0.1) is 0 Å². The Morgan fingerprint density at radius 3 is 3.33 bits per heavy atom. The van der Waals surface area contributed by atoms with E-state index in [1.165, 1.54) is 6.42 Å². The van der Waals surface area contributed by atoms with Crippen molar-refractivity contribution in [3.8, 4) is 0 Å². The van der Waals surface area contributed by atoms with E-state index in [2.05, 4.69) is 21.6 Å². The molecule has 66 valence electrons. The van der Waals surface area contributed by atoms with Gasteiger partial charge >= 0.3 is 5.15 Å². The second-order valence-corrected chi connectivity index (χ2v) is 3.36. The highest BCUT2D eigenvalue weighted by Gasteiger charge is 2.21. The molecule has 0 amide bonds. The van der Waals surface area contributed by atoms with E-state index >= 15 is 0 Å². The van der Waals surface area contributed by atoms with E-state index < -0.39 is 0 Å². The SMILES string of the molecule is CC[n+]1c(Cl)cc2n1CCCN2. The molecule has 2 heterocycles. The molecule has 1 aliphatic heterocycles. The lowest BCUT2D eigenvalue weighted by Gasteiger charge is -2.13. The van der Waals surface area contributed by atoms with E-state index in [4.69, 9.17) is 11.6 Å². The third-order valence-electron chi connectivity index (χ3n) is 2.22. The molecule has 0 unspecified atom stereocenters. The minimum Gasteiger partial charge on any atom is -0.367 e. The normalized spacial score (nSPS) is 15.5. The van der Waals surface area contributed by atoms with Crippen molar-refractivity contribution in [2.45, 2.75) is 26.4 Å². The lowest BCUT2D eigenvalue weighted by molar-refractivity contribution is -0.769. The number of hydrogen-bond donors (Lipinski definition) is 1. The second kappa shape index (κ2) is 2.98. The second-order valence-electron chi connectivity index (χ2n) is 2.97. The number of nitrogens with one attached hydrogen (secondary N) is 1. The molecular weight excluding hydrogens is 174 g/mol. The minimum atomic E-state index is 0.821. The van der Waals surface area contributed by atoms with Crippen LogP contribution in [-0.2, 0) is 13.1 Å². The highest BCUT2D eigenvalue weighted by molar-refractivity contribution is 6.28. The van der Waals surface area contributed by atoms with Gasteiger partial charge in [-0.25, -0.2) is 0 Å². The Morgan fingerprint density at radius 1 is 1.75 bits per heavy atom. The van der Waals surface area contributed by atoms with Crippen LogP contribution in [0.15, 0.2) is 6.07 Å². The third kappa shape index (κ3) is 1.08. The van der Waals surface area contributed by atoms with Crippen LogP contribution in [0.3, 0.4) is 0 Å². The Morgan fingerprint density at radius 2 is 2.58 bits per heavy atom. The van der Waals surface area contributed by atoms with Crippen molar-refractivity contribution < 1.29 is 4.68 Å². The minimum absolute atomic E-state index is 0.821. The fraction of sp³-hybridized carbons (Fsp3) is 0.625. The van der Waals surface area contributed by atoms with E-state index in [0.717, 1.165) is 30.6 Å². The summed E-state index contributed by atoms with van der Waals surface area (Å²) in [6.07, 6.45) is 1.18. The van der Waals surface area contributed by atoms with Crippen molar-refractivity contribution in [3.05, 3.63) is 11.2 Å². The van der Waals surface area contributed by atoms with Gasteiger partial charge in [-0.1, -0.05) is 4.68 Å². The van der Waals surface area contributed by atoms with E-state index in [0.29, 0.717) is 0 Å². The summed E-state index contributed by atoms with van der Waals surface area (Å²) in [7, 11) is 0. The quantitative estimate of drug-likeness (QED) is 0.656. The number of halogens is 1. The molecule has 0 bridgehead atoms. The summed E-state index contributed by atoms with van der Waals surface area (Å²) in [5.74, 6) is 1.15. The van der Waals surface area contributed by atoms with E-state index in [-0.39, 0.29) is 0 Å². The Kier molecular flexibility index (Phi) is 1.97. The zero-order valence-electron chi connectivity index (χ0n) is 7.18. The van der Waals surface area contributed by atoms with Crippen molar-refractivity contribution in [2.75, 3.05) is 11.9 Å². The van der Waals surface area contributed by atoms with Gasteiger partial charge in [0, 0.05) is 6.54 Å². The molecule has 0 aliphatic carbocycles. The van der Waals surface area contributed by atoms with Crippen LogP contribution in [0.4, 0.5) is 5.82 Å². The van der Waals surface area contributed by atoms with E-state index in [1.54, 1.807) is 0 Å². The van der Waals surface area contributed by atoms with Gasteiger partial charge in [0.25, 0.3) is 0 Å². The number of nitrogens with zero attached hydrogens (tertiary/aromatic N) is 2. The number of aromatic nitrogens is 2. The average Bonchev–Trinajstić information content (AvgIpc) is 2.40. The Hall–Kier alpha value is -0.700. The molecule has 0 spiro atoms. The Bertz CT molecular complexity index is 293. The number of hydrogen-bond acceptors (Lipinski definition) is 1. The summed E-state index contributed by atoms with van der Waals surface area (Å²) in [5, 5.41) is 4.14. The molecule has 0 saturated carbocycles. The maximum atomic E-state index is 6.04. The first-order chi connectivity index (χ1) is 5.83. The van der Waals surface area contributed by atoms with Gasteiger partial charge in [-0.05, 0) is 24.9 Å². The molecule has 0 saturated heterocycles. The van der Waals surface area contributed by atoms with Crippen LogP contribution in [0.1, 0.15) is 13.3 Å². The molecule has 2 rings (SSSR count). The Labute approximate surface area is 76.9 Å². The van der Waals surface area contributed by atoms with Crippen molar-refractivity contribution in [2.24, 2.45) is 0 Å². The molecule has 1 N–H and O–H groups in total. The molecule has 1 aliphatic rings. The fourth-order valence-corrected chi connectivity index (χ4v) is 1.97. The van der Waals surface area contributed by atoms with Crippen LogP contribution >= 0.6 is 11.6 Å². The predicted molar refractivity (Wildman–Crippen MR) is 48.4 cm³/mol. The lowest BCUT2D eigenvalue weighted by Crippen LogP contribution is -2.44. The van der Waals surface area contributed by atoms with Gasteiger partial charge in [-0.2, -0.15) is 0 Å². The van der Waals surface area contributed by atoms with Crippen molar-refractivity contribution in [1.29, 1.82) is 0 Å². The summed E-state index contributed by atoms with van der Waals surface area (Å²) in [4.78, 5) is 0. The summed E-state index contributed by atoms with van der Waals surface area (Å²) >= 11 is 6.04. The standard InChI is InChI=1S/C8H12ClN3/c1-2-11-7(9)6-8-10-4-3-5-12(8)11/h6H,2-5H2,1H3/p+1. The molecule has 1 aromatic rings. The first-order valence-electron chi connectivity index (χ1n) is 4.36. The van der Waals surface area contributed by atoms with Gasteiger partial charge in [0.2, 0.25) is 0 Å². The van der Waals surface area contributed by atoms with Crippen molar-refractivity contribution in [3.63, 3.8) is 0 Å². The van der Waals surface area contributed by atoms with E-state index in [9.17, 15) is 0 Å². The van der Waals surface area contributed by atoms with Gasteiger partial charge in [0.15, 0.2) is 12.4 Å².